The molecule has 0 amide bonds. The molecule has 118 valence electrons. The Hall–Kier alpha value is -0.980. The maximum absolute atomic E-state index is 10.5. The van der Waals surface area contributed by atoms with Gasteiger partial charge >= 0.3 is 0 Å². The largest absolute Gasteiger partial charge is 0.507 e. The summed E-state index contributed by atoms with van der Waals surface area (Å²) >= 11 is 4.58. The fourth-order valence-electron chi connectivity index (χ4n) is 2.43. The van der Waals surface area contributed by atoms with Gasteiger partial charge in [0.05, 0.1) is 0 Å². The number of aromatic hydroxyl groups is 1. The second-order valence-corrected chi connectivity index (χ2v) is 8.93. The summed E-state index contributed by atoms with van der Waals surface area (Å²) in [6.07, 6.45) is 0. The van der Waals surface area contributed by atoms with Crippen LogP contribution in [-0.4, -0.2) is 5.11 Å². The third-order valence-corrected chi connectivity index (χ3v) is 5.50. The molecule has 2 unspecified atom stereocenters. The highest BCUT2D eigenvalue weighted by Gasteiger charge is 2.18. The molecule has 2 rings (SSSR count). The van der Waals surface area contributed by atoms with Gasteiger partial charge in [0.1, 0.15) is 5.75 Å². The van der Waals surface area contributed by atoms with Crippen molar-refractivity contribution in [1.82, 2.24) is 0 Å². The molecule has 0 saturated carbocycles. The zero-order chi connectivity index (χ0) is 16.5. The van der Waals surface area contributed by atoms with Crippen LogP contribution in [0.5, 0.6) is 5.75 Å². The van der Waals surface area contributed by atoms with Crippen LogP contribution < -0.4 is 10.6 Å². The van der Waals surface area contributed by atoms with E-state index in [9.17, 15) is 5.11 Å². The summed E-state index contributed by atoms with van der Waals surface area (Å²) in [6, 6.07) is 12.6. The monoisotopic (exact) mass is 332 g/mol. The van der Waals surface area contributed by atoms with E-state index in [1.54, 1.807) is 0 Å². The number of aryl methyl sites for hydroxylation is 1. The van der Waals surface area contributed by atoms with Gasteiger partial charge in [0.25, 0.3) is 0 Å². The van der Waals surface area contributed by atoms with Crippen molar-refractivity contribution in [2.75, 3.05) is 0 Å². The van der Waals surface area contributed by atoms with Gasteiger partial charge < -0.3 is 5.11 Å². The topological polar surface area (TPSA) is 20.2 Å². The Labute approximate surface area is 141 Å². The molecule has 0 aliphatic rings. The number of rotatable bonds is 3. The van der Waals surface area contributed by atoms with E-state index in [4.69, 9.17) is 0 Å². The number of thiol groups is 1. The first-order chi connectivity index (χ1) is 10.2. The van der Waals surface area contributed by atoms with Crippen molar-refractivity contribution < 1.29 is 5.11 Å². The molecule has 0 fully saturated rings. The Morgan fingerprint density at radius 2 is 1.73 bits per heavy atom. The number of benzene rings is 2. The molecule has 2 aromatic carbocycles. The van der Waals surface area contributed by atoms with E-state index in [1.807, 2.05) is 13.0 Å². The van der Waals surface area contributed by atoms with Crippen LogP contribution in [0.2, 0.25) is 0 Å². The molecule has 0 aromatic heterocycles. The van der Waals surface area contributed by atoms with E-state index in [0.29, 0.717) is 14.3 Å². The van der Waals surface area contributed by atoms with Gasteiger partial charge in [-0.2, -0.15) is 12.6 Å². The molecule has 22 heavy (non-hydrogen) atoms. The van der Waals surface area contributed by atoms with Crippen molar-refractivity contribution in [2.45, 2.75) is 45.3 Å². The zero-order valence-corrected chi connectivity index (χ0v) is 15.8. The van der Waals surface area contributed by atoms with Gasteiger partial charge in [0.15, 0.2) is 0 Å². The minimum atomic E-state index is 0.0774. The van der Waals surface area contributed by atoms with Gasteiger partial charge in [0.2, 0.25) is 0 Å². The summed E-state index contributed by atoms with van der Waals surface area (Å²) in [7, 11) is 0.440. The summed E-state index contributed by atoms with van der Waals surface area (Å²) in [5.41, 5.74) is 3.53. The molecule has 1 nitrogen and oxygen atoms in total. The summed E-state index contributed by atoms with van der Waals surface area (Å²) in [6.45, 7) is 10.7. The summed E-state index contributed by atoms with van der Waals surface area (Å²) in [5, 5.41) is 12.9. The maximum atomic E-state index is 10.5. The van der Waals surface area contributed by atoms with Crippen molar-refractivity contribution >= 4 is 31.8 Å². The smallest absolute Gasteiger partial charge is 0.126 e. The second kappa shape index (κ2) is 6.64. The van der Waals surface area contributed by atoms with Gasteiger partial charge in [0, 0.05) is 10.6 Å². The normalized spacial score (nSPS) is 13.7. The molecule has 2 atom stereocenters. The van der Waals surface area contributed by atoms with Crippen LogP contribution >= 0.6 is 21.2 Å². The predicted octanol–water partition coefficient (Wildman–Crippen LogP) is 4.62. The minimum Gasteiger partial charge on any atom is -0.507 e. The fourth-order valence-corrected chi connectivity index (χ4v) is 4.23. The average molecular weight is 332 g/mol. The lowest BCUT2D eigenvalue weighted by Crippen LogP contribution is -2.16. The van der Waals surface area contributed by atoms with Gasteiger partial charge in [-0.25, -0.2) is 0 Å². The summed E-state index contributed by atoms with van der Waals surface area (Å²) < 4.78 is 0. The van der Waals surface area contributed by atoms with E-state index in [-0.39, 0.29) is 10.7 Å². The highest BCUT2D eigenvalue weighted by Crippen LogP contribution is 2.31. The van der Waals surface area contributed by atoms with Crippen LogP contribution in [0.3, 0.4) is 0 Å². The van der Waals surface area contributed by atoms with Gasteiger partial charge in [-0.3, -0.25) is 0 Å². The predicted molar refractivity (Wildman–Crippen MR) is 103 cm³/mol. The fraction of sp³-hybridized carbons (Fsp3) is 0.368. The van der Waals surface area contributed by atoms with Crippen LogP contribution in [0.25, 0.3) is 0 Å². The first-order valence-electron chi connectivity index (χ1n) is 7.58. The van der Waals surface area contributed by atoms with Crippen LogP contribution in [0.1, 0.15) is 49.6 Å². The molecule has 0 aliphatic heterocycles. The number of hydrogen-bond acceptors (Lipinski definition) is 2. The first kappa shape index (κ1) is 17.4. The van der Waals surface area contributed by atoms with Crippen molar-refractivity contribution in [3.8, 4) is 5.75 Å². The first-order valence-corrected chi connectivity index (χ1v) is 9.10. The van der Waals surface area contributed by atoms with Crippen molar-refractivity contribution in [2.24, 2.45) is 0 Å². The zero-order valence-electron chi connectivity index (χ0n) is 13.9. The van der Waals surface area contributed by atoms with Crippen LogP contribution in [-0.2, 0) is 5.41 Å². The number of phenols is 1. The molecule has 0 aliphatic carbocycles. The van der Waals surface area contributed by atoms with Crippen molar-refractivity contribution in [3.63, 3.8) is 0 Å². The molecule has 1 N–H and O–H groups in total. The highest BCUT2D eigenvalue weighted by molar-refractivity contribution is 7.80. The van der Waals surface area contributed by atoms with E-state index in [1.165, 1.54) is 16.4 Å². The van der Waals surface area contributed by atoms with Gasteiger partial charge in [-0.05, 0) is 47.3 Å². The Kier molecular flexibility index (Phi) is 5.25. The van der Waals surface area contributed by atoms with Crippen LogP contribution in [0.4, 0.5) is 0 Å². The van der Waals surface area contributed by atoms with E-state index < -0.39 is 0 Å². The summed E-state index contributed by atoms with van der Waals surface area (Å²) in [4.78, 5) is 0. The van der Waals surface area contributed by atoms with Crippen molar-refractivity contribution in [3.05, 3.63) is 53.1 Å². The Bertz CT molecular complexity index is 672. The quantitative estimate of drug-likeness (QED) is 0.621. The Morgan fingerprint density at radius 1 is 1.09 bits per heavy atom. The van der Waals surface area contributed by atoms with E-state index >= 15 is 0 Å². The Balaban J connectivity index is 2.48. The van der Waals surface area contributed by atoms with Crippen LogP contribution in [0.15, 0.2) is 36.4 Å². The van der Waals surface area contributed by atoms with Gasteiger partial charge in [-0.15, -0.1) is 0 Å². The average Bonchev–Trinajstić information content (AvgIpc) is 2.42. The molecule has 0 spiro atoms. The second-order valence-electron chi connectivity index (χ2n) is 6.83. The van der Waals surface area contributed by atoms with Crippen LogP contribution in [0, 0.1) is 6.92 Å². The molecular formula is C19H25OPS. The molecule has 0 saturated heterocycles. The van der Waals surface area contributed by atoms with Gasteiger partial charge in [-0.1, -0.05) is 59.7 Å². The molecule has 0 bridgehead atoms. The third-order valence-electron chi connectivity index (χ3n) is 3.85. The lowest BCUT2D eigenvalue weighted by Gasteiger charge is -2.22. The lowest BCUT2D eigenvalue weighted by molar-refractivity contribution is 0.474. The summed E-state index contributed by atoms with van der Waals surface area (Å²) in [5.74, 6) is 0.424. The van der Waals surface area contributed by atoms with E-state index in [2.05, 4.69) is 70.7 Å². The number of hydrogen-bond donors (Lipinski definition) is 2. The lowest BCUT2D eigenvalue weighted by atomic mass is 9.86. The highest BCUT2D eigenvalue weighted by atomic mass is 32.1. The SMILES string of the molecule is Cc1cc(C(C)(C)C)cc(Pc2ccccc2C(C)S)c1O. The third kappa shape index (κ3) is 3.86. The minimum absolute atomic E-state index is 0.0774. The molecular weight excluding hydrogens is 307 g/mol. The maximum Gasteiger partial charge on any atom is 0.126 e. The Morgan fingerprint density at radius 3 is 2.32 bits per heavy atom. The number of phenolic OH excluding ortho intramolecular Hbond substituents is 1. The standard InChI is InChI=1S/C19H25OPS/c1-12-10-14(19(3,4)5)11-17(18(12)20)21-16-9-7-6-8-15(16)13(2)22/h6-11,13,20-22H,1-5H3. The molecule has 0 radical (unpaired) electrons. The molecule has 3 heteroatoms. The molecule has 0 heterocycles. The van der Waals surface area contributed by atoms with E-state index in [0.717, 1.165) is 10.9 Å². The molecule has 2 aromatic rings. The van der Waals surface area contributed by atoms with Crippen molar-refractivity contribution in [1.29, 1.82) is 0 Å².